The third kappa shape index (κ3) is 5.13. The van der Waals surface area contributed by atoms with Gasteiger partial charge in [0.15, 0.2) is 5.78 Å². The van der Waals surface area contributed by atoms with E-state index in [1.165, 1.54) is 5.69 Å². The van der Waals surface area contributed by atoms with Gasteiger partial charge < -0.3 is 9.80 Å². The molecule has 0 radical (unpaired) electrons. The molecule has 2 saturated heterocycles. The topological polar surface area (TPSA) is 43.9 Å². The summed E-state index contributed by atoms with van der Waals surface area (Å²) in [5.41, 5.74) is 2.01. The fourth-order valence-electron chi connectivity index (χ4n) is 4.52. The van der Waals surface area contributed by atoms with Crippen molar-refractivity contribution in [2.45, 2.75) is 45.6 Å². The lowest BCUT2D eigenvalue weighted by Gasteiger charge is -2.40. The molecule has 160 valence electrons. The van der Waals surface area contributed by atoms with E-state index in [4.69, 9.17) is 0 Å². The van der Waals surface area contributed by atoms with Crippen molar-refractivity contribution in [2.24, 2.45) is 11.8 Å². The SMILES string of the molecule is CC(C)N1CCN(C(=O)C2CCN(c3ccc(C(=O)C4CC4)cc3)CC2)CC1.Cl. The zero-order valence-electron chi connectivity index (χ0n) is 17.7. The van der Waals surface area contributed by atoms with Crippen LogP contribution in [0.4, 0.5) is 5.69 Å². The minimum Gasteiger partial charge on any atom is -0.371 e. The monoisotopic (exact) mass is 419 g/mol. The molecule has 6 heteroatoms. The van der Waals surface area contributed by atoms with E-state index in [2.05, 4.69) is 40.7 Å². The second-order valence-electron chi connectivity index (χ2n) is 8.90. The smallest absolute Gasteiger partial charge is 0.225 e. The van der Waals surface area contributed by atoms with Crippen LogP contribution in [0, 0.1) is 11.8 Å². The van der Waals surface area contributed by atoms with Crippen molar-refractivity contribution in [3.05, 3.63) is 29.8 Å². The average molecular weight is 420 g/mol. The van der Waals surface area contributed by atoms with Gasteiger partial charge in [0.25, 0.3) is 0 Å². The molecule has 0 atom stereocenters. The first-order valence-electron chi connectivity index (χ1n) is 10.9. The molecule has 1 saturated carbocycles. The fraction of sp³-hybridized carbons (Fsp3) is 0.652. The lowest BCUT2D eigenvalue weighted by molar-refractivity contribution is -0.138. The first-order chi connectivity index (χ1) is 13.5. The Balaban J connectivity index is 0.00000240. The number of piperidine rings is 1. The van der Waals surface area contributed by atoms with Gasteiger partial charge in [0.1, 0.15) is 0 Å². The third-order valence-electron chi connectivity index (χ3n) is 6.67. The van der Waals surface area contributed by atoms with E-state index < -0.39 is 0 Å². The second kappa shape index (κ2) is 9.48. The van der Waals surface area contributed by atoms with Crippen LogP contribution in [0.2, 0.25) is 0 Å². The number of benzene rings is 1. The highest BCUT2D eigenvalue weighted by Gasteiger charge is 2.32. The molecule has 0 unspecified atom stereocenters. The first kappa shape index (κ1) is 22.1. The number of nitrogens with zero attached hydrogens (tertiary/aromatic N) is 3. The minimum atomic E-state index is 0. The Labute approximate surface area is 180 Å². The van der Waals surface area contributed by atoms with Crippen molar-refractivity contribution in [2.75, 3.05) is 44.2 Å². The summed E-state index contributed by atoms with van der Waals surface area (Å²) in [7, 11) is 0. The number of carbonyl (C=O) groups excluding carboxylic acids is 2. The molecule has 0 bridgehead atoms. The summed E-state index contributed by atoms with van der Waals surface area (Å²) in [6, 6.07) is 8.65. The number of hydrogen-bond donors (Lipinski definition) is 0. The molecule has 1 aromatic rings. The van der Waals surface area contributed by atoms with Crippen LogP contribution in [0.3, 0.4) is 0 Å². The lowest BCUT2D eigenvalue weighted by Crippen LogP contribution is -2.53. The Hall–Kier alpha value is -1.59. The molecule has 1 aliphatic carbocycles. The number of carbonyl (C=O) groups is 2. The van der Waals surface area contributed by atoms with Gasteiger partial charge in [-0.1, -0.05) is 0 Å². The molecule has 4 rings (SSSR count). The number of anilines is 1. The summed E-state index contributed by atoms with van der Waals surface area (Å²) in [6.07, 6.45) is 3.95. The van der Waals surface area contributed by atoms with Crippen LogP contribution in [0.5, 0.6) is 0 Å². The third-order valence-corrected chi connectivity index (χ3v) is 6.67. The zero-order chi connectivity index (χ0) is 19.7. The Kier molecular flexibility index (Phi) is 7.23. The van der Waals surface area contributed by atoms with Crippen molar-refractivity contribution < 1.29 is 9.59 Å². The summed E-state index contributed by atoms with van der Waals surface area (Å²) >= 11 is 0. The second-order valence-corrected chi connectivity index (χ2v) is 8.90. The molecule has 5 nitrogen and oxygen atoms in total. The predicted octanol–water partition coefficient (Wildman–Crippen LogP) is 3.47. The van der Waals surface area contributed by atoms with Gasteiger partial charge in [0.2, 0.25) is 5.91 Å². The summed E-state index contributed by atoms with van der Waals surface area (Å²) in [4.78, 5) is 32.0. The van der Waals surface area contributed by atoms with Gasteiger partial charge in [0, 0.05) is 68.4 Å². The molecule has 0 spiro atoms. The van der Waals surface area contributed by atoms with E-state index in [0.717, 1.165) is 70.5 Å². The number of ketones is 1. The molecule has 3 aliphatic rings. The summed E-state index contributed by atoms with van der Waals surface area (Å²) in [5, 5.41) is 0. The van der Waals surface area contributed by atoms with Crippen molar-refractivity contribution in [1.29, 1.82) is 0 Å². The number of piperazine rings is 1. The molecule has 2 aliphatic heterocycles. The highest BCUT2D eigenvalue weighted by Crippen LogP contribution is 2.33. The largest absolute Gasteiger partial charge is 0.371 e. The van der Waals surface area contributed by atoms with Crippen LogP contribution in [0.25, 0.3) is 0 Å². The van der Waals surface area contributed by atoms with Crippen LogP contribution >= 0.6 is 12.4 Å². The number of rotatable bonds is 5. The van der Waals surface area contributed by atoms with Crippen molar-refractivity contribution in [3.8, 4) is 0 Å². The molecular weight excluding hydrogens is 386 g/mol. The summed E-state index contributed by atoms with van der Waals surface area (Å²) < 4.78 is 0. The van der Waals surface area contributed by atoms with Gasteiger partial charge in [0.05, 0.1) is 0 Å². The number of hydrogen-bond acceptors (Lipinski definition) is 4. The molecular formula is C23H34ClN3O2. The number of amides is 1. The van der Waals surface area contributed by atoms with E-state index in [1.54, 1.807) is 0 Å². The maximum atomic E-state index is 12.9. The maximum absolute atomic E-state index is 12.9. The van der Waals surface area contributed by atoms with Gasteiger partial charge in [-0.2, -0.15) is 0 Å². The van der Waals surface area contributed by atoms with Crippen LogP contribution in [-0.2, 0) is 4.79 Å². The molecule has 1 aromatic carbocycles. The maximum Gasteiger partial charge on any atom is 0.225 e. The number of halogens is 1. The molecule has 29 heavy (non-hydrogen) atoms. The Morgan fingerprint density at radius 3 is 1.93 bits per heavy atom. The van der Waals surface area contributed by atoms with Gasteiger partial charge in [-0.25, -0.2) is 0 Å². The molecule has 1 amide bonds. The van der Waals surface area contributed by atoms with Crippen molar-refractivity contribution >= 4 is 29.8 Å². The van der Waals surface area contributed by atoms with E-state index in [1.807, 2.05) is 12.1 Å². The molecule has 3 fully saturated rings. The van der Waals surface area contributed by atoms with Gasteiger partial charge >= 0.3 is 0 Å². The quantitative estimate of drug-likeness (QED) is 0.685. The van der Waals surface area contributed by atoms with Crippen LogP contribution < -0.4 is 4.90 Å². The van der Waals surface area contributed by atoms with Crippen LogP contribution in [0.15, 0.2) is 24.3 Å². The molecule has 0 N–H and O–H groups in total. The van der Waals surface area contributed by atoms with E-state index in [-0.39, 0.29) is 24.2 Å². The Morgan fingerprint density at radius 1 is 0.828 bits per heavy atom. The summed E-state index contributed by atoms with van der Waals surface area (Å²) in [6.45, 7) is 10.0. The van der Waals surface area contributed by atoms with Crippen molar-refractivity contribution in [3.63, 3.8) is 0 Å². The molecule has 2 heterocycles. The van der Waals surface area contributed by atoms with Crippen LogP contribution in [-0.4, -0.2) is 66.8 Å². The highest BCUT2D eigenvalue weighted by atomic mass is 35.5. The Bertz CT molecular complexity index is 701. The van der Waals surface area contributed by atoms with E-state index in [0.29, 0.717) is 17.7 Å². The summed E-state index contributed by atoms with van der Waals surface area (Å²) in [5.74, 6) is 1.09. The standard InChI is InChI=1S/C23H33N3O2.ClH/c1-17(2)24-13-15-26(16-14-24)23(28)20-9-11-25(12-10-20)21-7-5-19(6-8-21)22(27)18-3-4-18;/h5-8,17-18,20H,3-4,9-16H2,1-2H3;1H. The van der Waals surface area contributed by atoms with Crippen LogP contribution in [0.1, 0.15) is 49.9 Å². The zero-order valence-corrected chi connectivity index (χ0v) is 18.5. The first-order valence-corrected chi connectivity index (χ1v) is 10.9. The number of Topliss-reactive ketones (excluding diaryl/α,β-unsaturated/α-hetero) is 1. The van der Waals surface area contributed by atoms with Crippen molar-refractivity contribution in [1.82, 2.24) is 9.80 Å². The van der Waals surface area contributed by atoms with E-state index in [9.17, 15) is 9.59 Å². The van der Waals surface area contributed by atoms with Gasteiger partial charge in [-0.05, 0) is 63.8 Å². The van der Waals surface area contributed by atoms with Gasteiger partial charge in [-0.15, -0.1) is 12.4 Å². The Morgan fingerprint density at radius 2 is 1.41 bits per heavy atom. The minimum absolute atomic E-state index is 0. The van der Waals surface area contributed by atoms with E-state index >= 15 is 0 Å². The predicted molar refractivity (Wildman–Crippen MR) is 119 cm³/mol. The lowest BCUT2D eigenvalue weighted by atomic mass is 9.94. The average Bonchev–Trinajstić information content (AvgIpc) is 3.58. The van der Waals surface area contributed by atoms with Gasteiger partial charge in [-0.3, -0.25) is 14.5 Å². The molecule has 0 aromatic heterocycles. The normalized spacial score (nSPS) is 21.2. The fourth-order valence-corrected chi connectivity index (χ4v) is 4.52. The highest BCUT2D eigenvalue weighted by molar-refractivity contribution is 5.99.